The lowest BCUT2D eigenvalue weighted by atomic mass is 10.2. The van der Waals surface area contributed by atoms with Gasteiger partial charge in [-0.25, -0.2) is 9.98 Å². The Kier molecular flexibility index (Phi) is 9.90. The first kappa shape index (κ1) is 23.1. The van der Waals surface area contributed by atoms with Crippen LogP contribution in [0.5, 0.6) is 5.75 Å². The van der Waals surface area contributed by atoms with Crippen molar-refractivity contribution in [1.82, 2.24) is 15.2 Å². The summed E-state index contributed by atoms with van der Waals surface area (Å²) in [6, 6.07) is 8.00. The number of aromatic nitrogens is 1. The molecule has 0 bridgehead atoms. The zero-order valence-electron chi connectivity index (χ0n) is 18.0. The molecule has 1 aromatic carbocycles. The van der Waals surface area contributed by atoms with Crippen LogP contribution >= 0.6 is 11.3 Å². The number of thiazole rings is 1. The highest BCUT2D eigenvalue weighted by molar-refractivity contribution is 7.09. The molecule has 0 saturated carbocycles. The molecule has 2 rings (SSSR count). The molecule has 2 aromatic rings. The van der Waals surface area contributed by atoms with Crippen LogP contribution in [0.2, 0.25) is 0 Å². The molecular formula is C21H32N4O3S. The molecule has 0 radical (unpaired) electrons. The maximum absolute atomic E-state index is 5.60. The van der Waals surface area contributed by atoms with Gasteiger partial charge in [0.2, 0.25) is 0 Å². The zero-order valence-corrected chi connectivity index (χ0v) is 18.8. The summed E-state index contributed by atoms with van der Waals surface area (Å²) in [5.74, 6) is 1.69. The van der Waals surface area contributed by atoms with Crippen molar-refractivity contribution in [3.8, 4) is 5.75 Å². The SMILES string of the molecule is CCNC(=NCc1ccc(OCCOC)cc1)N(C)Cc1csc(C(C)OC)n1. The number of methoxy groups -OCH3 is 2. The van der Waals surface area contributed by atoms with Crippen LogP contribution in [-0.4, -0.2) is 56.9 Å². The topological polar surface area (TPSA) is 68.2 Å². The molecule has 1 aromatic heterocycles. The first-order valence-electron chi connectivity index (χ1n) is 9.74. The molecule has 160 valence electrons. The molecule has 1 atom stereocenters. The lowest BCUT2D eigenvalue weighted by molar-refractivity contribution is 0.119. The third-order valence-corrected chi connectivity index (χ3v) is 5.31. The van der Waals surface area contributed by atoms with Gasteiger partial charge in [0.05, 0.1) is 25.4 Å². The van der Waals surface area contributed by atoms with E-state index >= 15 is 0 Å². The fourth-order valence-corrected chi connectivity index (χ4v) is 3.41. The first-order chi connectivity index (χ1) is 14.1. The van der Waals surface area contributed by atoms with Gasteiger partial charge in [-0.2, -0.15) is 0 Å². The van der Waals surface area contributed by atoms with E-state index < -0.39 is 0 Å². The number of nitrogens with one attached hydrogen (secondary N) is 1. The molecular weight excluding hydrogens is 388 g/mol. The third kappa shape index (κ3) is 7.64. The third-order valence-electron chi connectivity index (χ3n) is 4.26. The van der Waals surface area contributed by atoms with Gasteiger partial charge in [-0.3, -0.25) is 0 Å². The predicted octanol–water partition coefficient (Wildman–Crippen LogP) is 3.47. The lowest BCUT2D eigenvalue weighted by Gasteiger charge is -2.21. The normalized spacial score (nSPS) is 12.7. The van der Waals surface area contributed by atoms with Crippen molar-refractivity contribution in [2.24, 2.45) is 4.99 Å². The number of hydrogen-bond acceptors (Lipinski definition) is 6. The average molecular weight is 421 g/mol. The molecule has 0 saturated heterocycles. The highest BCUT2D eigenvalue weighted by Crippen LogP contribution is 2.21. The molecule has 8 heteroatoms. The minimum atomic E-state index is 0.0161. The molecule has 7 nitrogen and oxygen atoms in total. The number of ether oxygens (including phenoxy) is 3. The number of benzene rings is 1. The van der Waals surface area contributed by atoms with Crippen LogP contribution in [0.15, 0.2) is 34.6 Å². The molecule has 1 N–H and O–H groups in total. The van der Waals surface area contributed by atoms with Crippen LogP contribution < -0.4 is 10.1 Å². The van der Waals surface area contributed by atoms with Crippen LogP contribution in [0, 0.1) is 0 Å². The molecule has 0 aliphatic rings. The second kappa shape index (κ2) is 12.4. The van der Waals surface area contributed by atoms with E-state index in [1.165, 1.54) is 0 Å². The number of aliphatic imine (C=N–C) groups is 1. The van der Waals surface area contributed by atoms with Crippen LogP contribution in [-0.2, 0) is 22.6 Å². The first-order valence-corrected chi connectivity index (χ1v) is 10.6. The molecule has 1 unspecified atom stereocenters. The number of guanidine groups is 1. The van der Waals surface area contributed by atoms with E-state index in [9.17, 15) is 0 Å². The maximum atomic E-state index is 5.60. The van der Waals surface area contributed by atoms with Gasteiger partial charge in [-0.05, 0) is 31.5 Å². The van der Waals surface area contributed by atoms with E-state index in [1.807, 2.05) is 38.2 Å². The van der Waals surface area contributed by atoms with Crippen molar-refractivity contribution >= 4 is 17.3 Å². The maximum Gasteiger partial charge on any atom is 0.194 e. The summed E-state index contributed by atoms with van der Waals surface area (Å²) in [6.45, 7) is 7.28. The van der Waals surface area contributed by atoms with E-state index in [1.54, 1.807) is 25.6 Å². The van der Waals surface area contributed by atoms with E-state index in [4.69, 9.17) is 19.2 Å². The molecule has 0 amide bonds. The zero-order chi connectivity index (χ0) is 21.1. The Morgan fingerprint density at radius 3 is 2.66 bits per heavy atom. The van der Waals surface area contributed by atoms with Gasteiger partial charge in [0.1, 0.15) is 23.5 Å². The van der Waals surface area contributed by atoms with Gasteiger partial charge in [-0.1, -0.05) is 12.1 Å². The largest absolute Gasteiger partial charge is 0.491 e. The van der Waals surface area contributed by atoms with Crippen molar-refractivity contribution in [1.29, 1.82) is 0 Å². The summed E-state index contributed by atoms with van der Waals surface area (Å²) in [4.78, 5) is 11.5. The van der Waals surface area contributed by atoms with E-state index in [0.717, 1.165) is 34.5 Å². The Labute approximate surface area is 177 Å². The molecule has 0 fully saturated rings. The number of nitrogens with zero attached hydrogens (tertiary/aromatic N) is 3. The van der Waals surface area contributed by atoms with Gasteiger partial charge in [0.25, 0.3) is 0 Å². The van der Waals surface area contributed by atoms with Crippen molar-refractivity contribution in [2.75, 3.05) is 41.0 Å². The molecule has 0 aliphatic carbocycles. The predicted molar refractivity (Wildman–Crippen MR) is 118 cm³/mol. The van der Waals surface area contributed by atoms with E-state index in [-0.39, 0.29) is 6.10 Å². The van der Waals surface area contributed by atoms with Crippen molar-refractivity contribution in [3.05, 3.63) is 45.9 Å². The summed E-state index contributed by atoms with van der Waals surface area (Å²) in [7, 11) is 5.38. The summed E-state index contributed by atoms with van der Waals surface area (Å²) in [6.07, 6.45) is 0.0161. The van der Waals surface area contributed by atoms with E-state index in [2.05, 4.69) is 27.5 Å². The second-order valence-electron chi connectivity index (χ2n) is 6.57. The van der Waals surface area contributed by atoms with Crippen LogP contribution in [0.25, 0.3) is 0 Å². The standard InChI is InChI=1S/C21H32N4O3S/c1-6-22-21(25(3)14-18-15-29-20(24-18)16(2)27-5)23-13-17-7-9-19(10-8-17)28-12-11-26-4/h7-10,15-16H,6,11-14H2,1-5H3,(H,22,23). The van der Waals surface area contributed by atoms with Crippen molar-refractivity contribution < 1.29 is 14.2 Å². The van der Waals surface area contributed by atoms with Gasteiger partial charge >= 0.3 is 0 Å². The molecule has 1 heterocycles. The Balaban J connectivity index is 1.96. The number of hydrogen-bond donors (Lipinski definition) is 1. The fraction of sp³-hybridized carbons (Fsp3) is 0.524. The highest BCUT2D eigenvalue weighted by Gasteiger charge is 2.12. The summed E-state index contributed by atoms with van der Waals surface area (Å²) in [5.41, 5.74) is 2.14. The van der Waals surface area contributed by atoms with Crippen molar-refractivity contribution in [3.63, 3.8) is 0 Å². The van der Waals surface area contributed by atoms with E-state index in [0.29, 0.717) is 26.3 Å². The Hall–Kier alpha value is -2.16. The monoisotopic (exact) mass is 420 g/mol. The van der Waals surface area contributed by atoms with Gasteiger partial charge in [-0.15, -0.1) is 11.3 Å². The Bertz CT molecular complexity index is 749. The summed E-state index contributed by atoms with van der Waals surface area (Å²) < 4.78 is 15.9. The minimum Gasteiger partial charge on any atom is -0.491 e. The summed E-state index contributed by atoms with van der Waals surface area (Å²) in [5, 5.41) is 6.42. The van der Waals surface area contributed by atoms with Crippen LogP contribution in [0.3, 0.4) is 0 Å². The fourth-order valence-electron chi connectivity index (χ4n) is 2.57. The molecule has 0 spiro atoms. The Morgan fingerprint density at radius 2 is 2.00 bits per heavy atom. The van der Waals surface area contributed by atoms with Gasteiger partial charge in [0.15, 0.2) is 5.96 Å². The number of rotatable bonds is 11. The van der Waals surface area contributed by atoms with Gasteiger partial charge in [0, 0.05) is 33.2 Å². The quantitative estimate of drug-likeness (QED) is 0.341. The average Bonchev–Trinajstić information content (AvgIpc) is 3.20. The second-order valence-corrected chi connectivity index (χ2v) is 7.46. The molecule has 0 aliphatic heterocycles. The summed E-state index contributed by atoms with van der Waals surface area (Å²) >= 11 is 1.62. The lowest BCUT2D eigenvalue weighted by Crippen LogP contribution is -2.38. The molecule has 29 heavy (non-hydrogen) atoms. The smallest absolute Gasteiger partial charge is 0.194 e. The Morgan fingerprint density at radius 1 is 1.24 bits per heavy atom. The van der Waals surface area contributed by atoms with Crippen molar-refractivity contribution in [2.45, 2.75) is 33.0 Å². The minimum absolute atomic E-state index is 0.0161. The van der Waals surface area contributed by atoms with Crippen LogP contribution in [0.1, 0.15) is 36.2 Å². The highest BCUT2D eigenvalue weighted by atomic mass is 32.1. The van der Waals surface area contributed by atoms with Crippen LogP contribution in [0.4, 0.5) is 0 Å². The van der Waals surface area contributed by atoms with Gasteiger partial charge < -0.3 is 24.4 Å².